The molecule has 114 valence electrons. The predicted molar refractivity (Wildman–Crippen MR) is 87.8 cm³/mol. The van der Waals surface area contributed by atoms with Crippen LogP contribution in [0, 0.1) is 12.3 Å². The highest BCUT2D eigenvalue weighted by atomic mass is 16.3. The van der Waals surface area contributed by atoms with Gasteiger partial charge in [0.2, 0.25) is 5.91 Å². The highest BCUT2D eigenvalue weighted by Crippen LogP contribution is 2.52. The van der Waals surface area contributed by atoms with Crippen molar-refractivity contribution in [3.8, 4) is 0 Å². The summed E-state index contributed by atoms with van der Waals surface area (Å²) < 4.78 is 0. The van der Waals surface area contributed by atoms with Gasteiger partial charge < -0.3 is 10.0 Å². The quantitative estimate of drug-likeness (QED) is 0.877. The van der Waals surface area contributed by atoms with Gasteiger partial charge in [-0.2, -0.15) is 0 Å². The lowest BCUT2D eigenvalue weighted by atomic mass is 9.63. The molecule has 0 saturated carbocycles. The molecule has 1 N–H and O–H groups in total. The topological polar surface area (TPSA) is 40.5 Å². The van der Waals surface area contributed by atoms with Crippen LogP contribution in [-0.4, -0.2) is 18.1 Å². The molecule has 3 rings (SSSR count). The first-order valence-corrected chi connectivity index (χ1v) is 7.47. The van der Waals surface area contributed by atoms with E-state index < -0.39 is 11.0 Å². The number of para-hydroxylation sites is 1. The molecular formula is C19H21NO2. The summed E-state index contributed by atoms with van der Waals surface area (Å²) in [4.78, 5) is 14.5. The third-order valence-electron chi connectivity index (χ3n) is 4.87. The zero-order valence-electron chi connectivity index (χ0n) is 13.4. The minimum atomic E-state index is -1.35. The summed E-state index contributed by atoms with van der Waals surface area (Å²) in [5.41, 5.74) is 1.10. The molecule has 1 aliphatic heterocycles. The van der Waals surface area contributed by atoms with Crippen molar-refractivity contribution in [2.24, 2.45) is 5.41 Å². The SMILES string of the molecule is Cc1ccc(C2(O)c3ccccc3N(C)C(=O)C2(C)C)cc1. The molecule has 1 aliphatic rings. The number of benzene rings is 2. The molecular weight excluding hydrogens is 274 g/mol. The summed E-state index contributed by atoms with van der Waals surface area (Å²) in [7, 11) is 1.76. The van der Waals surface area contributed by atoms with E-state index in [1.165, 1.54) is 0 Å². The van der Waals surface area contributed by atoms with Crippen LogP contribution in [0.5, 0.6) is 0 Å². The number of hydrogen-bond donors (Lipinski definition) is 1. The molecule has 3 heteroatoms. The van der Waals surface area contributed by atoms with Crippen molar-refractivity contribution in [1.82, 2.24) is 0 Å². The number of nitrogens with zero attached hydrogens (tertiary/aromatic N) is 1. The number of rotatable bonds is 1. The second kappa shape index (κ2) is 4.68. The molecule has 1 unspecified atom stereocenters. The van der Waals surface area contributed by atoms with Gasteiger partial charge in [0, 0.05) is 18.3 Å². The third-order valence-corrected chi connectivity index (χ3v) is 4.87. The van der Waals surface area contributed by atoms with Gasteiger partial charge in [-0.05, 0) is 32.4 Å². The molecule has 22 heavy (non-hydrogen) atoms. The smallest absolute Gasteiger partial charge is 0.236 e. The minimum Gasteiger partial charge on any atom is -0.379 e. The number of fused-ring (bicyclic) bond motifs is 1. The molecule has 0 bridgehead atoms. The van der Waals surface area contributed by atoms with Crippen LogP contribution in [-0.2, 0) is 10.4 Å². The molecule has 0 aromatic heterocycles. The summed E-state index contributed by atoms with van der Waals surface area (Å²) in [5.74, 6) is -0.0886. The number of carbonyl (C=O) groups excluding carboxylic acids is 1. The van der Waals surface area contributed by atoms with E-state index in [0.29, 0.717) is 0 Å². The van der Waals surface area contributed by atoms with Gasteiger partial charge >= 0.3 is 0 Å². The van der Waals surface area contributed by atoms with Crippen molar-refractivity contribution < 1.29 is 9.90 Å². The van der Waals surface area contributed by atoms with Gasteiger partial charge in [-0.3, -0.25) is 4.79 Å². The fourth-order valence-corrected chi connectivity index (χ4v) is 3.40. The summed E-state index contributed by atoms with van der Waals surface area (Å²) in [6.45, 7) is 5.62. The Morgan fingerprint density at radius 1 is 1.00 bits per heavy atom. The number of hydrogen-bond acceptors (Lipinski definition) is 2. The third kappa shape index (κ3) is 1.75. The van der Waals surface area contributed by atoms with Crippen LogP contribution < -0.4 is 4.90 Å². The molecule has 0 saturated heterocycles. The Balaban J connectivity index is 2.34. The fourth-order valence-electron chi connectivity index (χ4n) is 3.40. The van der Waals surface area contributed by atoms with Gasteiger partial charge in [-0.25, -0.2) is 0 Å². The van der Waals surface area contributed by atoms with Gasteiger partial charge in [-0.1, -0.05) is 48.0 Å². The second-order valence-corrected chi connectivity index (χ2v) is 6.58. The second-order valence-electron chi connectivity index (χ2n) is 6.58. The molecule has 2 aromatic carbocycles. The van der Waals surface area contributed by atoms with Gasteiger partial charge in [0.05, 0.1) is 5.41 Å². The van der Waals surface area contributed by atoms with Crippen molar-refractivity contribution in [2.45, 2.75) is 26.4 Å². The molecule has 1 heterocycles. The van der Waals surface area contributed by atoms with Crippen LogP contribution in [0.2, 0.25) is 0 Å². The molecule has 2 aromatic rings. The zero-order valence-corrected chi connectivity index (χ0v) is 13.4. The monoisotopic (exact) mass is 295 g/mol. The van der Waals surface area contributed by atoms with Gasteiger partial charge in [0.1, 0.15) is 5.60 Å². The van der Waals surface area contributed by atoms with E-state index >= 15 is 0 Å². The van der Waals surface area contributed by atoms with Crippen molar-refractivity contribution >= 4 is 11.6 Å². The normalized spacial score (nSPS) is 23.3. The molecule has 0 fully saturated rings. The maximum Gasteiger partial charge on any atom is 0.236 e. The molecule has 0 spiro atoms. The number of carbonyl (C=O) groups is 1. The number of amides is 1. The first-order valence-electron chi connectivity index (χ1n) is 7.47. The highest BCUT2D eigenvalue weighted by molar-refractivity contribution is 6.01. The summed E-state index contributed by atoms with van der Waals surface area (Å²) >= 11 is 0. The first-order chi connectivity index (χ1) is 10.3. The van der Waals surface area contributed by atoms with Gasteiger partial charge in [-0.15, -0.1) is 0 Å². The Hall–Kier alpha value is -2.13. The standard InChI is InChI=1S/C19H21NO2/c1-13-9-11-14(12-10-13)19(22)15-7-5-6-8-16(15)20(4)17(21)18(19,2)3/h5-12,22H,1-4H3. The van der Waals surface area contributed by atoms with E-state index in [4.69, 9.17) is 0 Å². The van der Waals surface area contributed by atoms with E-state index in [1.807, 2.05) is 69.3 Å². The average molecular weight is 295 g/mol. The number of aliphatic hydroxyl groups is 1. The van der Waals surface area contributed by atoms with Crippen LogP contribution in [0.1, 0.15) is 30.5 Å². The lowest BCUT2D eigenvalue weighted by Crippen LogP contribution is -2.57. The fraction of sp³-hybridized carbons (Fsp3) is 0.316. The maximum atomic E-state index is 12.8. The largest absolute Gasteiger partial charge is 0.379 e. The van der Waals surface area contributed by atoms with E-state index in [1.54, 1.807) is 11.9 Å². The molecule has 3 nitrogen and oxygen atoms in total. The van der Waals surface area contributed by atoms with E-state index in [0.717, 1.165) is 22.4 Å². The van der Waals surface area contributed by atoms with Crippen LogP contribution >= 0.6 is 0 Å². The Morgan fingerprint density at radius 3 is 2.23 bits per heavy atom. The molecule has 0 aliphatic carbocycles. The Morgan fingerprint density at radius 2 is 1.59 bits per heavy atom. The lowest BCUT2D eigenvalue weighted by Gasteiger charge is -2.49. The Bertz CT molecular complexity index is 733. The predicted octanol–water partition coefficient (Wildman–Crippen LogP) is 3.23. The van der Waals surface area contributed by atoms with Crippen LogP contribution in [0.15, 0.2) is 48.5 Å². The van der Waals surface area contributed by atoms with Gasteiger partial charge in [0.25, 0.3) is 0 Å². The average Bonchev–Trinajstić information content (AvgIpc) is 2.52. The van der Waals surface area contributed by atoms with Crippen molar-refractivity contribution in [2.75, 3.05) is 11.9 Å². The summed E-state index contributed by atoms with van der Waals surface area (Å²) in [6, 6.07) is 15.3. The Kier molecular flexibility index (Phi) is 3.15. The minimum absolute atomic E-state index is 0.0886. The maximum absolute atomic E-state index is 12.8. The number of anilines is 1. The Labute approximate surface area is 131 Å². The van der Waals surface area contributed by atoms with Crippen LogP contribution in [0.25, 0.3) is 0 Å². The van der Waals surface area contributed by atoms with Crippen molar-refractivity contribution in [3.63, 3.8) is 0 Å². The summed E-state index contributed by atoms with van der Waals surface area (Å²) in [6.07, 6.45) is 0. The molecule has 0 radical (unpaired) electrons. The van der Waals surface area contributed by atoms with E-state index in [9.17, 15) is 9.90 Å². The summed E-state index contributed by atoms with van der Waals surface area (Å²) in [5, 5.41) is 11.7. The van der Waals surface area contributed by atoms with Crippen molar-refractivity contribution in [3.05, 3.63) is 65.2 Å². The lowest BCUT2D eigenvalue weighted by molar-refractivity contribution is -0.141. The zero-order chi connectivity index (χ0) is 16.1. The number of aryl methyl sites for hydroxylation is 1. The van der Waals surface area contributed by atoms with E-state index in [-0.39, 0.29) is 5.91 Å². The van der Waals surface area contributed by atoms with Gasteiger partial charge in [0.15, 0.2) is 0 Å². The van der Waals surface area contributed by atoms with Crippen LogP contribution in [0.3, 0.4) is 0 Å². The molecule has 1 amide bonds. The first kappa shape index (κ1) is 14.8. The van der Waals surface area contributed by atoms with E-state index in [2.05, 4.69) is 0 Å². The van der Waals surface area contributed by atoms with Crippen molar-refractivity contribution in [1.29, 1.82) is 0 Å². The molecule has 1 atom stereocenters. The van der Waals surface area contributed by atoms with Crippen LogP contribution in [0.4, 0.5) is 5.69 Å². The highest BCUT2D eigenvalue weighted by Gasteiger charge is 2.56.